The molecule has 0 spiro atoms. The van der Waals surface area contributed by atoms with Crippen LogP contribution in [0.2, 0.25) is 5.02 Å². The first-order chi connectivity index (χ1) is 10.2. The molecular weight excluding hydrogens is 288 g/mol. The lowest BCUT2D eigenvalue weighted by Gasteiger charge is -2.36. The second-order valence-corrected chi connectivity index (χ2v) is 6.31. The highest BCUT2D eigenvalue weighted by Gasteiger charge is 2.31. The summed E-state index contributed by atoms with van der Waals surface area (Å²) in [6, 6.07) is 6.03. The van der Waals surface area contributed by atoms with E-state index in [1.807, 2.05) is 30.1 Å². The van der Waals surface area contributed by atoms with Crippen molar-refractivity contribution in [1.82, 2.24) is 10.2 Å². The molecule has 1 saturated heterocycles. The molecule has 4 nitrogen and oxygen atoms in total. The lowest BCUT2D eigenvalue weighted by molar-refractivity contribution is -0.138. The molecule has 1 aromatic carbocycles. The van der Waals surface area contributed by atoms with Crippen LogP contribution >= 0.6 is 11.6 Å². The minimum Gasteiger partial charge on any atom is -0.492 e. The minimum atomic E-state index is -0.0911. The monoisotopic (exact) mass is 308 g/mol. The van der Waals surface area contributed by atoms with Crippen molar-refractivity contribution >= 4 is 17.5 Å². The van der Waals surface area contributed by atoms with Gasteiger partial charge in [-0.05, 0) is 50.1 Å². The first-order valence-electron chi connectivity index (χ1n) is 7.54. The quantitative estimate of drug-likeness (QED) is 0.910. The first-order valence-corrected chi connectivity index (χ1v) is 7.92. The van der Waals surface area contributed by atoms with Crippen LogP contribution in [0.3, 0.4) is 0 Å². The number of carbonyl (C=O) groups is 1. The Hall–Kier alpha value is -1.26. The van der Waals surface area contributed by atoms with Crippen LogP contribution in [0.5, 0.6) is 5.75 Å². The molecule has 2 heterocycles. The van der Waals surface area contributed by atoms with Crippen molar-refractivity contribution in [2.75, 3.05) is 26.7 Å². The van der Waals surface area contributed by atoms with E-state index in [-0.39, 0.29) is 11.8 Å². The van der Waals surface area contributed by atoms with E-state index in [0.29, 0.717) is 17.7 Å². The number of rotatable bonds is 2. The fraction of sp³-hybridized carbons (Fsp3) is 0.562. The summed E-state index contributed by atoms with van der Waals surface area (Å²) < 4.78 is 5.73. The summed E-state index contributed by atoms with van der Waals surface area (Å²) in [5, 5.41) is 3.97. The maximum absolute atomic E-state index is 12.7. The standard InChI is InChI=1S/C16H21ClN2O2/c1-18-14-3-2-6-19(9-14)16(20)12-7-11-8-13(17)4-5-15(11)21-10-12/h4-5,8,12,14,18H,2-3,6-7,9-10H2,1H3. The van der Waals surface area contributed by atoms with Gasteiger partial charge in [0.1, 0.15) is 12.4 Å². The molecule has 1 amide bonds. The van der Waals surface area contributed by atoms with E-state index in [0.717, 1.165) is 43.7 Å². The Balaban J connectivity index is 1.69. The van der Waals surface area contributed by atoms with Gasteiger partial charge in [0, 0.05) is 24.2 Å². The van der Waals surface area contributed by atoms with Crippen molar-refractivity contribution in [3.05, 3.63) is 28.8 Å². The summed E-state index contributed by atoms with van der Waals surface area (Å²) in [6.45, 7) is 2.12. The number of hydrogen-bond acceptors (Lipinski definition) is 3. The number of likely N-dealkylation sites (N-methyl/N-ethyl adjacent to an activating group) is 1. The Bertz CT molecular complexity index is 535. The zero-order valence-corrected chi connectivity index (χ0v) is 13.0. The number of halogens is 1. The van der Waals surface area contributed by atoms with E-state index in [9.17, 15) is 4.79 Å². The normalized spacial score (nSPS) is 25.1. The van der Waals surface area contributed by atoms with Gasteiger partial charge in [0.2, 0.25) is 5.91 Å². The van der Waals surface area contributed by atoms with Crippen LogP contribution in [0, 0.1) is 5.92 Å². The molecule has 3 rings (SSSR count). The number of nitrogens with one attached hydrogen (secondary N) is 1. The fourth-order valence-corrected chi connectivity index (χ4v) is 3.39. The highest BCUT2D eigenvalue weighted by atomic mass is 35.5. The van der Waals surface area contributed by atoms with Crippen molar-refractivity contribution in [2.45, 2.75) is 25.3 Å². The number of hydrogen-bond donors (Lipinski definition) is 1. The van der Waals surface area contributed by atoms with Crippen LogP contribution in [0.1, 0.15) is 18.4 Å². The topological polar surface area (TPSA) is 41.6 Å². The zero-order valence-electron chi connectivity index (χ0n) is 12.3. The van der Waals surface area contributed by atoms with Crippen LogP contribution in [0.25, 0.3) is 0 Å². The predicted octanol–water partition coefficient (Wildman–Crippen LogP) is 2.10. The maximum atomic E-state index is 12.7. The lowest BCUT2D eigenvalue weighted by Crippen LogP contribution is -2.50. The van der Waals surface area contributed by atoms with Gasteiger partial charge in [0.25, 0.3) is 0 Å². The third-order valence-electron chi connectivity index (χ3n) is 4.42. The third kappa shape index (κ3) is 3.16. The minimum absolute atomic E-state index is 0.0911. The van der Waals surface area contributed by atoms with Gasteiger partial charge in [0.15, 0.2) is 0 Å². The second kappa shape index (κ2) is 6.24. The Kier molecular flexibility index (Phi) is 4.36. The largest absolute Gasteiger partial charge is 0.492 e. The van der Waals surface area contributed by atoms with Gasteiger partial charge in [-0.3, -0.25) is 4.79 Å². The van der Waals surface area contributed by atoms with Gasteiger partial charge in [-0.25, -0.2) is 0 Å². The van der Waals surface area contributed by atoms with Gasteiger partial charge in [0.05, 0.1) is 5.92 Å². The molecule has 2 atom stereocenters. The maximum Gasteiger partial charge on any atom is 0.229 e. The van der Waals surface area contributed by atoms with Gasteiger partial charge in [-0.2, -0.15) is 0 Å². The number of nitrogens with zero attached hydrogens (tertiary/aromatic N) is 1. The van der Waals surface area contributed by atoms with Crippen LogP contribution < -0.4 is 10.1 Å². The number of piperidine rings is 1. The molecule has 5 heteroatoms. The van der Waals surface area contributed by atoms with Crippen molar-refractivity contribution in [3.63, 3.8) is 0 Å². The summed E-state index contributed by atoms with van der Waals surface area (Å²) in [5.41, 5.74) is 1.04. The average molecular weight is 309 g/mol. The summed E-state index contributed by atoms with van der Waals surface area (Å²) in [7, 11) is 1.96. The molecule has 2 aliphatic heterocycles. The second-order valence-electron chi connectivity index (χ2n) is 5.88. The van der Waals surface area contributed by atoms with E-state index in [2.05, 4.69) is 5.32 Å². The van der Waals surface area contributed by atoms with Crippen LogP contribution in [-0.4, -0.2) is 43.6 Å². The molecule has 0 aromatic heterocycles. The van der Waals surface area contributed by atoms with Crippen molar-refractivity contribution in [2.24, 2.45) is 5.92 Å². The Labute approximate surface area is 130 Å². The van der Waals surface area contributed by atoms with E-state index >= 15 is 0 Å². The highest BCUT2D eigenvalue weighted by Crippen LogP contribution is 2.30. The van der Waals surface area contributed by atoms with Crippen LogP contribution in [0.4, 0.5) is 0 Å². The Morgan fingerprint density at radius 1 is 1.48 bits per heavy atom. The summed E-state index contributed by atoms with van der Waals surface area (Å²) in [4.78, 5) is 14.7. The van der Waals surface area contributed by atoms with E-state index < -0.39 is 0 Å². The number of benzene rings is 1. The highest BCUT2D eigenvalue weighted by molar-refractivity contribution is 6.30. The van der Waals surface area contributed by atoms with Crippen molar-refractivity contribution in [1.29, 1.82) is 0 Å². The van der Waals surface area contributed by atoms with Crippen LogP contribution in [-0.2, 0) is 11.2 Å². The summed E-state index contributed by atoms with van der Waals surface area (Å²) in [5.74, 6) is 0.974. The molecule has 2 aliphatic rings. The van der Waals surface area contributed by atoms with Crippen LogP contribution in [0.15, 0.2) is 18.2 Å². The number of carbonyl (C=O) groups excluding carboxylic acids is 1. The Morgan fingerprint density at radius 2 is 2.33 bits per heavy atom. The van der Waals surface area contributed by atoms with Gasteiger partial charge >= 0.3 is 0 Å². The predicted molar refractivity (Wildman–Crippen MR) is 82.8 cm³/mol. The average Bonchev–Trinajstić information content (AvgIpc) is 2.53. The molecule has 21 heavy (non-hydrogen) atoms. The zero-order chi connectivity index (χ0) is 14.8. The SMILES string of the molecule is CNC1CCCN(C(=O)C2COc3ccc(Cl)cc3C2)C1. The molecule has 0 radical (unpaired) electrons. The summed E-state index contributed by atoms with van der Waals surface area (Å²) in [6.07, 6.45) is 2.92. The molecule has 0 bridgehead atoms. The fourth-order valence-electron chi connectivity index (χ4n) is 3.19. The third-order valence-corrected chi connectivity index (χ3v) is 4.65. The smallest absolute Gasteiger partial charge is 0.229 e. The van der Waals surface area contributed by atoms with Crippen molar-refractivity contribution in [3.8, 4) is 5.75 Å². The number of amides is 1. The Morgan fingerprint density at radius 3 is 3.14 bits per heavy atom. The van der Waals surface area contributed by atoms with E-state index in [1.165, 1.54) is 0 Å². The lowest BCUT2D eigenvalue weighted by atomic mass is 9.94. The van der Waals surface area contributed by atoms with E-state index in [4.69, 9.17) is 16.3 Å². The number of likely N-dealkylation sites (tertiary alicyclic amines) is 1. The molecule has 0 saturated carbocycles. The first kappa shape index (κ1) is 14.7. The van der Waals surface area contributed by atoms with Gasteiger partial charge < -0.3 is 15.0 Å². The molecule has 2 unspecified atom stereocenters. The molecule has 0 aliphatic carbocycles. The summed E-state index contributed by atoms with van der Waals surface area (Å²) >= 11 is 6.03. The van der Waals surface area contributed by atoms with Gasteiger partial charge in [-0.1, -0.05) is 11.6 Å². The molecule has 114 valence electrons. The van der Waals surface area contributed by atoms with Crippen molar-refractivity contribution < 1.29 is 9.53 Å². The molecule has 1 fully saturated rings. The molecule has 1 N–H and O–H groups in total. The molecule has 1 aromatic rings. The van der Waals surface area contributed by atoms with Gasteiger partial charge in [-0.15, -0.1) is 0 Å². The number of ether oxygens (including phenoxy) is 1. The van der Waals surface area contributed by atoms with E-state index in [1.54, 1.807) is 0 Å². The molecular formula is C16H21ClN2O2. The number of fused-ring (bicyclic) bond motifs is 1.